The van der Waals surface area contributed by atoms with Gasteiger partial charge in [-0.15, -0.1) is 0 Å². The Bertz CT molecular complexity index is 577. The van der Waals surface area contributed by atoms with E-state index in [9.17, 15) is 0 Å². The number of ether oxygens (including phenoxy) is 1. The van der Waals surface area contributed by atoms with Crippen molar-refractivity contribution in [2.45, 2.75) is 13.0 Å². The molecular weight excluding hydrogens is 328 g/mol. The Morgan fingerprint density at radius 1 is 1.37 bits per heavy atom. The summed E-state index contributed by atoms with van der Waals surface area (Å²) in [6.07, 6.45) is 3.40. The minimum Gasteiger partial charge on any atom is -0.492 e. The fourth-order valence-electron chi connectivity index (χ4n) is 1.78. The fraction of sp³-hybridized carbons (Fsp3) is 0.214. The number of rotatable bonds is 4. The molecular formula is C14H14BrClN2O. The van der Waals surface area contributed by atoms with Crippen LogP contribution < -0.4 is 10.5 Å². The smallest absolute Gasteiger partial charge is 0.137 e. The first-order chi connectivity index (χ1) is 9.11. The third kappa shape index (κ3) is 3.47. The molecule has 2 aromatic rings. The van der Waals surface area contributed by atoms with Crippen LogP contribution in [-0.4, -0.2) is 11.6 Å². The van der Waals surface area contributed by atoms with Gasteiger partial charge in [0.05, 0.1) is 18.8 Å². The van der Waals surface area contributed by atoms with Crippen LogP contribution in [-0.2, 0) is 0 Å². The third-order valence-corrected chi connectivity index (χ3v) is 3.53. The number of halogens is 2. The molecule has 0 radical (unpaired) electrons. The zero-order valence-corrected chi connectivity index (χ0v) is 12.8. The molecule has 0 aliphatic rings. The van der Waals surface area contributed by atoms with E-state index in [1.807, 2.05) is 31.2 Å². The molecule has 2 N–H and O–H groups in total. The minimum absolute atomic E-state index is 0.335. The van der Waals surface area contributed by atoms with Gasteiger partial charge in [-0.05, 0) is 42.3 Å². The molecule has 0 fully saturated rings. The Labute approximate surface area is 125 Å². The van der Waals surface area contributed by atoms with Gasteiger partial charge >= 0.3 is 0 Å². The first kappa shape index (κ1) is 14.3. The number of hydrogen-bond donors (Lipinski definition) is 1. The maximum Gasteiger partial charge on any atom is 0.137 e. The molecule has 1 aromatic carbocycles. The molecule has 2 rings (SSSR count). The van der Waals surface area contributed by atoms with Crippen molar-refractivity contribution in [1.29, 1.82) is 0 Å². The molecule has 0 amide bonds. The highest BCUT2D eigenvalue weighted by Gasteiger charge is 2.14. The number of hydrogen-bond acceptors (Lipinski definition) is 3. The van der Waals surface area contributed by atoms with Crippen LogP contribution in [0.2, 0.25) is 5.02 Å². The second-order valence-corrected chi connectivity index (χ2v) is 5.35. The highest BCUT2D eigenvalue weighted by Crippen LogP contribution is 2.30. The molecule has 0 aliphatic heterocycles. The van der Waals surface area contributed by atoms with Gasteiger partial charge in [-0.3, -0.25) is 4.98 Å². The van der Waals surface area contributed by atoms with Crippen molar-refractivity contribution in [3.05, 3.63) is 57.3 Å². The summed E-state index contributed by atoms with van der Waals surface area (Å²) in [5.41, 5.74) is 7.97. The summed E-state index contributed by atoms with van der Waals surface area (Å²) in [5.74, 6) is 0.710. The van der Waals surface area contributed by atoms with Crippen LogP contribution in [0, 0.1) is 0 Å². The average molecular weight is 342 g/mol. The van der Waals surface area contributed by atoms with Crippen LogP contribution in [0.5, 0.6) is 5.75 Å². The van der Waals surface area contributed by atoms with E-state index in [4.69, 9.17) is 22.1 Å². The standard InChI is InChI=1S/C14H14BrClN2O/c1-2-19-11-5-9(7-18-8-11)14(17)12-6-10(15)3-4-13(12)16/h3-8,14H,2,17H2,1H3. The van der Waals surface area contributed by atoms with Gasteiger partial charge in [0.2, 0.25) is 0 Å². The first-order valence-corrected chi connectivity index (χ1v) is 7.07. The van der Waals surface area contributed by atoms with E-state index in [2.05, 4.69) is 20.9 Å². The summed E-state index contributed by atoms with van der Waals surface area (Å²) in [6.45, 7) is 2.52. The monoisotopic (exact) mass is 340 g/mol. The average Bonchev–Trinajstić information content (AvgIpc) is 2.41. The molecule has 0 bridgehead atoms. The molecule has 1 aromatic heterocycles. The van der Waals surface area contributed by atoms with Crippen LogP contribution in [0.25, 0.3) is 0 Å². The van der Waals surface area contributed by atoms with Crippen molar-refractivity contribution in [2.24, 2.45) is 5.73 Å². The molecule has 1 unspecified atom stereocenters. The van der Waals surface area contributed by atoms with Crippen LogP contribution in [0.1, 0.15) is 24.1 Å². The Morgan fingerprint density at radius 2 is 2.16 bits per heavy atom. The Morgan fingerprint density at radius 3 is 2.89 bits per heavy atom. The summed E-state index contributed by atoms with van der Waals surface area (Å²) < 4.78 is 6.37. The highest BCUT2D eigenvalue weighted by atomic mass is 79.9. The predicted molar refractivity (Wildman–Crippen MR) is 80.6 cm³/mol. The van der Waals surface area contributed by atoms with Crippen molar-refractivity contribution in [3.63, 3.8) is 0 Å². The van der Waals surface area contributed by atoms with Crippen LogP contribution in [0.4, 0.5) is 0 Å². The highest BCUT2D eigenvalue weighted by molar-refractivity contribution is 9.10. The Hall–Kier alpha value is -1.10. The maximum atomic E-state index is 6.25. The Balaban J connectivity index is 2.35. The second kappa shape index (κ2) is 6.37. The number of nitrogens with two attached hydrogens (primary N) is 1. The number of nitrogens with zero attached hydrogens (tertiary/aromatic N) is 1. The summed E-state index contributed by atoms with van der Waals surface area (Å²) in [4.78, 5) is 4.14. The third-order valence-electron chi connectivity index (χ3n) is 2.70. The zero-order chi connectivity index (χ0) is 13.8. The van der Waals surface area contributed by atoms with E-state index < -0.39 is 0 Å². The van der Waals surface area contributed by atoms with Crippen molar-refractivity contribution in [1.82, 2.24) is 4.98 Å². The summed E-state index contributed by atoms with van der Waals surface area (Å²) >= 11 is 9.61. The Kier molecular flexibility index (Phi) is 4.80. The van der Waals surface area contributed by atoms with Crippen LogP contribution >= 0.6 is 27.5 Å². The number of benzene rings is 1. The van der Waals surface area contributed by atoms with Gasteiger partial charge in [-0.1, -0.05) is 27.5 Å². The van der Waals surface area contributed by atoms with Crippen molar-refractivity contribution >= 4 is 27.5 Å². The van der Waals surface area contributed by atoms with Crippen molar-refractivity contribution < 1.29 is 4.74 Å². The SMILES string of the molecule is CCOc1cncc(C(N)c2cc(Br)ccc2Cl)c1. The largest absolute Gasteiger partial charge is 0.492 e. The molecule has 1 heterocycles. The fourth-order valence-corrected chi connectivity index (χ4v) is 2.40. The minimum atomic E-state index is -0.335. The molecule has 0 aliphatic carbocycles. The lowest BCUT2D eigenvalue weighted by molar-refractivity contribution is 0.338. The number of aromatic nitrogens is 1. The normalized spacial score (nSPS) is 12.2. The van der Waals surface area contributed by atoms with E-state index in [1.165, 1.54) is 0 Å². The quantitative estimate of drug-likeness (QED) is 0.916. The van der Waals surface area contributed by atoms with Crippen molar-refractivity contribution in [2.75, 3.05) is 6.61 Å². The molecule has 5 heteroatoms. The van der Waals surface area contributed by atoms with Crippen molar-refractivity contribution in [3.8, 4) is 5.75 Å². The molecule has 0 spiro atoms. The number of pyridine rings is 1. The van der Waals surface area contributed by atoms with E-state index in [0.717, 1.165) is 15.6 Å². The van der Waals surface area contributed by atoms with Gasteiger partial charge in [-0.25, -0.2) is 0 Å². The summed E-state index contributed by atoms with van der Waals surface area (Å²) in [5, 5.41) is 0.637. The lowest BCUT2D eigenvalue weighted by atomic mass is 10.0. The topological polar surface area (TPSA) is 48.1 Å². The summed E-state index contributed by atoms with van der Waals surface area (Å²) in [7, 11) is 0. The molecule has 3 nitrogen and oxygen atoms in total. The van der Waals surface area contributed by atoms with Gasteiger partial charge < -0.3 is 10.5 Å². The first-order valence-electron chi connectivity index (χ1n) is 5.90. The van der Waals surface area contributed by atoms with Crippen LogP contribution in [0.15, 0.2) is 41.1 Å². The summed E-state index contributed by atoms with van der Waals surface area (Å²) in [6, 6.07) is 7.17. The lowest BCUT2D eigenvalue weighted by Crippen LogP contribution is -2.13. The predicted octanol–water partition coefficient (Wildman–Crippen LogP) is 3.94. The second-order valence-electron chi connectivity index (χ2n) is 4.03. The van der Waals surface area contributed by atoms with E-state index in [-0.39, 0.29) is 6.04 Å². The maximum absolute atomic E-state index is 6.25. The molecule has 100 valence electrons. The molecule has 19 heavy (non-hydrogen) atoms. The van der Waals surface area contributed by atoms with Gasteiger partial charge in [0.15, 0.2) is 0 Å². The molecule has 1 atom stereocenters. The van der Waals surface area contributed by atoms with E-state index in [0.29, 0.717) is 17.4 Å². The van der Waals surface area contributed by atoms with Crippen LogP contribution in [0.3, 0.4) is 0 Å². The van der Waals surface area contributed by atoms with Gasteiger partial charge in [0.25, 0.3) is 0 Å². The molecule has 0 saturated carbocycles. The van der Waals surface area contributed by atoms with E-state index >= 15 is 0 Å². The van der Waals surface area contributed by atoms with E-state index in [1.54, 1.807) is 12.4 Å². The lowest BCUT2D eigenvalue weighted by Gasteiger charge is -2.15. The zero-order valence-electron chi connectivity index (χ0n) is 10.4. The van der Waals surface area contributed by atoms with Gasteiger partial charge in [0.1, 0.15) is 5.75 Å². The van der Waals surface area contributed by atoms with Gasteiger partial charge in [-0.2, -0.15) is 0 Å². The van der Waals surface area contributed by atoms with Gasteiger partial charge in [0, 0.05) is 15.7 Å². The molecule has 0 saturated heterocycles.